The van der Waals surface area contributed by atoms with Gasteiger partial charge in [0.25, 0.3) is 5.91 Å². The highest BCUT2D eigenvalue weighted by Gasteiger charge is 2.31. The van der Waals surface area contributed by atoms with Crippen molar-refractivity contribution in [3.8, 4) is 17.2 Å². The molecule has 0 aliphatic heterocycles. The lowest BCUT2D eigenvalue weighted by molar-refractivity contribution is -0.137. The molecule has 2 aromatic carbocycles. The molecule has 1 heterocycles. The van der Waals surface area contributed by atoms with E-state index in [9.17, 15) is 22.8 Å². The van der Waals surface area contributed by atoms with Gasteiger partial charge < -0.3 is 14.4 Å². The first-order valence-corrected chi connectivity index (χ1v) is 10.4. The first-order valence-electron chi connectivity index (χ1n) is 10.4. The number of nitrogens with zero attached hydrogens (tertiary/aromatic N) is 3. The fourth-order valence-corrected chi connectivity index (χ4v) is 3.45. The SMILES string of the molecule is CCN(Cc1ccc(OC)c(OC)c1)C(=O)c1nn(-c2cccc(C(F)(F)F)c2)c(C)cc1=O. The molecule has 0 saturated carbocycles. The minimum Gasteiger partial charge on any atom is -0.493 e. The predicted octanol–water partition coefficient (Wildman–Crippen LogP) is 4.24. The van der Waals surface area contributed by atoms with E-state index in [1.54, 1.807) is 25.1 Å². The molecule has 0 unspecified atom stereocenters. The van der Waals surface area contributed by atoms with Crippen molar-refractivity contribution in [1.82, 2.24) is 14.7 Å². The van der Waals surface area contributed by atoms with E-state index in [0.717, 1.165) is 22.4 Å². The van der Waals surface area contributed by atoms with Crippen molar-refractivity contribution in [1.29, 1.82) is 0 Å². The van der Waals surface area contributed by atoms with Crippen LogP contribution in [0.25, 0.3) is 5.69 Å². The van der Waals surface area contributed by atoms with Crippen molar-refractivity contribution in [2.75, 3.05) is 20.8 Å². The van der Waals surface area contributed by atoms with Gasteiger partial charge in [0.05, 0.1) is 25.5 Å². The number of amides is 1. The molecule has 10 heteroatoms. The Hall–Kier alpha value is -3.82. The van der Waals surface area contributed by atoms with Crippen LogP contribution in [0.2, 0.25) is 0 Å². The number of hydrogen-bond acceptors (Lipinski definition) is 5. The molecular weight excluding hydrogens is 451 g/mol. The average Bonchev–Trinajstić information content (AvgIpc) is 2.81. The average molecular weight is 475 g/mol. The molecule has 3 rings (SSSR count). The number of hydrogen-bond donors (Lipinski definition) is 0. The molecule has 7 nitrogen and oxygen atoms in total. The summed E-state index contributed by atoms with van der Waals surface area (Å²) in [4.78, 5) is 27.2. The maximum absolute atomic E-state index is 13.2. The Balaban J connectivity index is 1.98. The third-order valence-corrected chi connectivity index (χ3v) is 5.22. The number of benzene rings is 2. The van der Waals surface area contributed by atoms with Gasteiger partial charge in [-0.25, -0.2) is 4.68 Å². The zero-order valence-corrected chi connectivity index (χ0v) is 19.1. The first-order chi connectivity index (χ1) is 16.1. The Morgan fingerprint density at radius 1 is 1.06 bits per heavy atom. The molecule has 0 aliphatic carbocycles. The fourth-order valence-electron chi connectivity index (χ4n) is 3.45. The number of rotatable bonds is 7. The number of alkyl halides is 3. The lowest BCUT2D eigenvalue weighted by atomic mass is 10.1. The summed E-state index contributed by atoms with van der Waals surface area (Å²) in [5.74, 6) is 0.386. The van der Waals surface area contributed by atoms with Crippen molar-refractivity contribution in [3.05, 3.63) is 81.3 Å². The molecule has 0 N–H and O–H groups in total. The zero-order chi connectivity index (χ0) is 25.0. The number of carbonyl (C=O) groups is 1. The van der Waals surface area contributed by atoms with Gasteiger partial charge in [-0.1, -0.05) is 12.1 Å². The summed E-state index contributed by atoms with van der Waals surface area (Å²) in [7, 11) is 3.01. The van der Waals surface area contributed by atoms with Crippen LogP contribution in [0.5, 0.6) is 11.5 Å². The minimum atomic E-state index is -4.54. The van der Waals surface area contributed by atoms with Crippen molar-refractivity contribution in [2.24, 2.45) is 0 Å². The van der Waals surface area contributed by atoms with Crippen molar-refractivity contribution < 1.29 is 27.4 Å². The maximum atomic E-state index is 13.2. The number of ether oxygens (including phenoxy) is 2. The van der Waals surface area contributed by atoms with Crippen LogP contribution >= 0.6 is 0 Å². The standard InChI is InChI=1S/C24H24F3N3O4/c1-5-29(14-16-9-10-20(33-3)21(12-16)34-4)23(32)22-19(31)11-15(2)30(28-22)18-8-6-7-17(13-18)24(25,26)27/h6-13H,5,14H2,1-4H3. The van der Waals surface area contributed by atoms with Crippen LogP contribution in [-0.4, -0.2) is 41.4 Å². The van der Waals surface area contributed by atoms with Gasteiger partial charge in [-0.3, -0.25) is 9.59 Å². The van der Waals surface area contributed by atoms with E-state index in [2.05, 4.69) is 5.10 Å². The second-order valence-corrected chi connectivity index (χ2v) is 7.47. The summed E-state index contributed by atoms with van der Waals surface area (Å²) >= 11 is 0. The van der Waals surface area contributed by atoms with Gasteiger partial charge in [0.2, 0.25) is 5.43 Å². The number of halogens is 3. The molecule has 1 aromatic heterocycles. The Morgan fingerprint density at radius 3 is 2.38 bits per heavy atom. The quantitative estimate of drug-likeness (QED) is 0.511. The van der Waals surface area contributed by atoms with Gasteiger partial charge in [0, 0.05) is 24.8 Å². The molecule has 0 radical (unpaired) electrons. The van der Waals surface area contributed by atoms with Crippen LogP contribution in [0.15, 0.2) is 53.3 Å². The molecule has 0 aliphatic rings. The minimum absolute atomic E-state index is 0.0873. The van der Waals surface area contributed by atoms with Gasteiger partial charge in [-0.15, -0.1) is 0 Å². The van der Waals surface area contributed by atoms with Crippen LogP contribution in [0, 0.1) is 6.92 Å². The van der Waals surface area contributed by atoms with Gasteiger partial charge >= 0.3 is 6.18 Å². The van der Waals surface area contributed by atoms with Crippen LogP contribution < -0.4 is 14.9 Å². The number of methoxy groups -OCH3 is 2. The largest absolute Gasteiger partial charge is 0.493 e. The number of carbonyl (C=O) groups excluding carboxylic acids is 1. The van der Waals surface area contributed by atoms with E-state index in [0.29, 0.717) is 17.2 Å². The molecule has 0 spiro atoms. The first kappa shape index (κ1) is 24.8. The van der Waals surface area contributed by atoms with Crippen LogP contribution in [-0.2, 0) is 12.7 Å². The Labute approximate surface area is 194 Å². The summed E-state index contributed by atoms with van der Waals surface area (Å²) in [6.45, 7) is 3.71. The Kier molecular flexibility index (Phi) is 7.29. The van der Waals surface area contributed by atoms with Gasteiger partial charge in [-0.2, -0.15) is 18.3 Å². The highest BCUT2D eigenvalue weighted by Crippen LogP contribution is 2.30. The lowest BCUT2D eigenvalue weighted by Crippen LogP contribution is -2.36. The van der Waals surface area contributed by atoms with Crippen LogP contribution in [0.1, 0.15) is 34.2 Å². The van der Waals surface area contributed by atoms with E-state index in [1.165, 1.54) is 44.2 Å². The van der Waals surface area contributed by atoms with E-state index < -0.39 is 23.1 Å². The van der Waals surface area contributed by atoms with Gasteiger partial charge in [-0.05, 0) is 49.7 Å². The van der Waals surface area contributed by atoms with Crippen LogP contribution in [0.3, 0.4) is 0 Å². The van der Waals surface area contributed by atoms with E-state index >= 15 is 0 Å². The number of aromatic nitrogens is 2. The summed E-state index contributed by atoms with van der Waals surface area (Å²) in [6, 6.07) is 10.9. The predicted molar refractivity (Wildman–Crippen MR) is 120 cm³/mol. The summed E-state index contributed by atoms with van der Waals surface area (Å²) in [5.41, 5.74) is -0.741. The second-order valence-electron chi connectivity index (χ2n) is 7.47. The summed E-state index contributed by atoms with van der Waals surface area (Å²) < 4.78 is 51.2. The van der Waals surface area contributed by atoms with E-state index in [-0.39, 0.29) is 24.5 Å². The highest BCUT2D eigenvalue weighted by molar-refractivity contribution is 5.92. The number of aryl methyl sites for hydroxylation is 1. The molecule has 0 fully saturated rings. The summed E-state index contributed by atoms with van der Waals surface area (Å²) in [5, 5.41) is 4.14. The van der Waals surface area contributed by atoms with Crippen molar-refractivity contribution in [2.45, 2.75) is 26.6 Å². The van der Waals surface area contributed by atoms with Gasteiger partial charge in [0.15, 0.2) is 17.2 Å². The molecule has 0 atom stereocenters. The smallest absolute Gasteiger partial charge is 0.416 e. The molecular formula is C24H24F3N3O4. The Morgan fingerprint density at radius 2 is 1.76 bits per heavy atom. The van der Waals surface area contributed by atoms with E-state index in [1.807, 2.05) is 0 Å². The summed E-state index contributed by atoms with van der Waals surface area (Å²) in [6.07, 6.45) is -4.54. The van der Waals surface area contributed by atoms with E-state index in [4.69, 9.17) is 9.47 Å². The zero-order valence-electron chi connectivity index (χ0n) is 19.1. The molecule has 1 amide bonds. The maximum Gasteiger partial charge on any atom is 0.416 e. The van der Waals surface area contributed by atoms with Crippen LogP contribution in [0.4, 0.5) is 13.2 Å². The Bertz CT molecular complexity index is 1250. The molecule has 34 heavy (non-hydrogen) atoms. The monoisotopic (exact) mass is 475 g/mol. The highest BCUT2D eigenvalue weighted by atomic mass is 19.4. The molecule has 3 aromatic rings. The van der Waals surface area contributed by atoms with Gasteiger partial charge in [0.1, 0.15) is 0 Å². The normalized spacial score (nSPS) is 11.3. The molecule has 0 saturated heterocycles. The van der Waals surface area contributed by atoms with Crippen molar-refractivity contribution in [3.63, 3.8) is 0 Å². The lowest BCUT2D eigenvalue weighted by Gasteiger charge is -2.22. The van der Waals surface area contributed by atoms with Crippen molar-refractivity contribution >= 4 is 5.91 Å². The second kappa shape index (κ2) is 9.98. The third-order valence-electron chi connectivity index (χ3n) is 5.22. The topological polar surface area (TPSA) is 73.7 Å². The third kappa shape index (κ3) is 5.22. The fraction of sp³-hybridized carbons (Fsp3) is 0.292. The molecule has 180 valence electrons. The molecule has 0 bridgehead atoms.